The largest absolute Gasteiger partial charge is 0.398 e. The summed E-state index contributed by atoms with van der Waals surface area (Å²) in [5.41, 5.74) is 5.74. The quantitative estimate of drug-likeness (QED) is 0.566. The van der Waals surface area contributed by atoms with Gasteiger partial charge in [-0.25, -0.2) is 0 Å². The van der Waals surface area contributed by atoms with Crippen LogP contribution in [0.15, 0.2) is 22.3 Å². The molecule has 1 rings (SSSR count). The summed E-state index contributed by atoms with van der Waals surface area (Å²) in [5, 5.41) is 7.04. The van der Waals surface area contributed by atoms with Gasteiger partial charge in [0.2, 0.25) is 5.78 Å². The third-order valence-corrected chi connectivity index (χ3v) is 1.79. The lowest BCUT2D eigenvalue weighted by Gasteiger charge is -2.04. The van der Waals surface area contributed by atoms with E-state index in [4.69, 9.17) is 11.1 Å². The Morgan fingerprint density at radius 2 is 2.10 bits per heavy atom. The highest BCUT2D eigenvalue weighted by molar-refractivity contribution is 9.12. The van der Waals surface area contributed by atoms with E-state index in [1.807, 2.05) is 0 Å². The Bertz CT molecular complexity index is 237. The summed E-state index contributed by atoms with van der Waals surface area (Å²) in [6, 6.07) is 0. The lowest BCUT2D eigenvalue weighted by molar-refractivity contribution is -0.108. The van der Waals surface area contributed by atoms with E-state index in [1.54, 1.807) is 0 Å². The van der Waals surface area contributed by atoms with Gasteiger partial charge < -0.3 is 5.73 Å². The molecule has 0 atom stereocenters. The molecule has 0 radical (unpaired) electrons. The van der Waals surface area contributed by atoms with Gasteiger partial charge in [0.25, 0.3) is 0 Å². The zero-order chi connectivity index (χ0) is 7.72. The van der Waals surface area contributed by atoms with E-state index in [2.05, 4.69) is 15.9 Å². The maximum absolute atomic E-state index is 10.7. The smallest absolute Gasteiger partial charge is 0.204 e. The number of halogens is 1. The molecule has 52 valence electrons. The molecule has 0 aromatic carbocycles. The summed E-state index contributed by atoms with van der Waals surface area (Å²) >= 11 is 3.07. The molecule has 0 saturated carbocycles. The molecule has 3 N–H and O–H groups in total. The molecule has 4 heteroatoms. The molecule has 0 aliphatic heterocycles. The monoisotopic (exact) mass is 200 g/mol. The molecule has 0 aromatic rings. The molecule has 10 heavy (non-hydrogen) atoms. The number of carbonyl (C=O) groups excluding carboxylic acids is 1. The van der Waals surface area contributed by atoms with Crippen molar-refractivity contribution in [1.29, 1.82) is 5.41 Å². The molecule has 1 aliphatic rings. The summed E-state index contributed by atoms with van der Waals surface area (Å²) in [4.78, 5) is 10.7. The number of hydrogen-bond donors (Lipinski definition) is 2. The molecular weight excluding hydrogens is 196 g/mol. The van der Waals surface area contributed by atoms with Crippen LogP contribution in [0, 0.1) is 5.41 Å². The van der Waals surface area contributed by atoms with Gasteiger partial charge in [-0.05, 0) is 22.0 Å². The van der Waals surface area contributed by atoms with Crippen molar-refractivity contribution in [3.63, 3.8) is 0 Å². The zero-order valence-corrected chi connectivity index (χ0v) is 6.60. The normalized spacial score (nSPS) is 18.5. The topological polar surface area (TPSA) is 66.9 Å². The van der Waals surface area contributed by atoms with Crippen molar-refractivity contribution in [2.24, 2.45) is 5.73 Å². The van der Waals surface area contributed by atoms with E-state index < -0.39 is 0 Å². The average molecular weight is 201 g/mol. The Morgan fingerprint density at radius 1 is 1.50 bits per heavy atom. The van der Waals surface area contributed by atoms with Crippen molar-refractivity contribution in [2.45, 2.75) is 0 Å². The van der Waals surface area contributed by atoms with Crippen molar-refractivity contribution >= 4 is 27.4 Å². The minimum atomic E-state index is -0.318. The first-order chi connectivity index (χ1) is 4.61. The summed E-state index contributed by atoms with van der Waals surface area (Å²) in [6.07, 6.45) is 2.62. The number of nitrogens with one attached hydrogen (secondary N) is 1. The van der Waals surface area contributed by atoms with Gasteiger partial charge in [-0.15, -0.1) is 0 Å². The Hall–Kier alpha value is -0.900. The average Bonchev–Trinajstić information content (AvgIpc) is 1.84. The first-order valence-corrected chi connectivity index (χ1v) is 3.38. The molecule has 0 spiro atoms. The maximum Gasteiger partial charge on any atom is 0.204 e. The Balaban J connectivity index is 3.06. The molecular formula is C6H5BrN2O. The molecule has 0 fully saturated rings. The third kappa shape index (κ3) is 1.16. The first-order valence-electron chi connectivity index (χ1n) is 2.59. The van der Waals surface area contributed by atoms with Crippen LogP contribution in [0.1, 0.15) is 0 Å². The minimum absolute atomic E-state index is 0.0688. The Morgan fingerprint density at radius 3 is 2.60 bits per heavy atom. The summed E-state index contributed by atoms with van der Waals surface area (Å²) in [7, 11) is 0. The highest BCUT2D eigenvalue weighted by Crippen LogP contribution is 2.15. The van der Waals surface area contributed by atoms with Crippen molar-refractivity contribution in [3.8, 4) is 0 Å². The van der Waals surface area contributed by atoms with Crippen LogP contribution >= 0.6 is 15.9 Å². The van der Waals surface area contributed by atoms with Gasteiger partial charge in [-0.2, -0.15) is 0 Å². The number of nitrogens with two attached hydrogens (primary N) is 1. The van der Waals surface area contributed by atoms with Crippen LogP contribution in [-0.4, -0.2) is 11.5 Å². The standard InChI is InChI=1S/C6H5BrN2O/c7-3-1-6(10)5(9)2-4(3)8/h1-2,9H,8H2. The van der Waals surface area contributed by atoms with E-state index in [0.717, 1.165) is 0 Å². The van der Waals surface area contributed by atoms with Gasteiger partial charge in [-0.1, -0.05) is 0 Å². The number of ketones is 1. The molecule has 0 unspecified atom stereocenters. The summed E-state index contributed by atoms with van der Waals surface area (Å²) in [5.74, 6) is -0.318. The predicted molar refractivity (Wildman–Crippen MR) is 42.0 cm³/mol. The predicted octanol–water partition coefficient (Wildman–Crippen LogP) is 0.710. The van der Waals surface area contributed by atoms with Crippen molar-refractivity contribution < 1.29 is 4.79 Å². The molecule has 0 bridgehead atoms. The Labute approximate surface area is 66.2 Å². The highest BCUT2D eigenvalue weighted by atomic mass is 79.9. The van der Waals surface area contributed by atoms with Crippen LogP contribution in [0.5, 0.6) is 0 Å². The van der Waals surface area contributed by atoms with Gasteiger partial charge >= 0.3 is 0 Å². The second-order valence-electron chi connectivity index (χ2n) is 1.87. The number of hydrogen-bond acceptors (Lipinski definition) is 3. The van der Waals surface area contributed by atoms with Gasteiger partial charge in [0, 0.05) is 16.3 Å². The van der Waals surface area contributed by atoms with Gasteiger partial charge in [0.1, 0.15) is 5.71 Å². The molecule has 0 heterocycles. The lowest BCUT2D eigenvalue weighted by Crippen LogP contribution is -2.15. The zero-order valence-electron chi connectivity index (χ0n) is 5.02. The fourth-order valence-corrected chi connectivity index (χ4v) is 0.894. The highest BCUT2D eigenvalue weighted by Gasteiger charge is 2.12. The third-order valence-electron chi connectivity index (χ3n) is 1.10. The van der Waals surface area contributed by atoms with Gasteiger partial charge in [0.05, 0.1) is 0 Å². The van der Waals surface area contributed by atoms with E-state index in [0.29, 0.717) is 10.2 Å². The second-order valence-corrected chi connectivity index (χ2v) is 2.72. The summed E-state index contributed by atoms with van der Waals surface area (Å²) < 4.78 is 0.550. The second kappa shape index (κ2) is 2.38. The number of carbonyl (C=O) groups is 1. The molecule has 0 aromatic heterocycles. The molecule has 3 nitrogen and oxygen atoms in total. The van der Waals surface area contributed by atoms with Gasteiger partial charge in [-0.3, -0.25) is 10.2 Å². The fraction of sp³-hybridized carbons (Fsp3) is 0. The Kier molecular flexibility index (Phi) is 1.72. The number of rotatable bonds is 0. The van der Waals surface area contributed by atoms with Crippen molar-refractivity contribution in [1.82, 2.24) is 0 Å². The van der Waals surface area contributed by atoms with E-state index in [-0.39, 0.29) is 11.5 Å². The lowest BCUT2D eigenvalue weighted by atomic mass is 10.1. The van der Waals surface area contributed by atoms with Crippen LogP contribution in [-0.2, 0) is 4.79 Å². The van der Waals surface area contributed by atoms with Crippen molar-refractivity contribution in [3.05, 3.63) is 22.3 Å². The number of allylic oxidation sites excluding steroid dienone is 3. The summed E-state index contributed by atoms with van der Waals surface area (Å²) in [6.45, 7) is 0. The van der Waals surface area contributed by atoms with Crippen LogP contribution in [0.25, 0.3) is 0 Å². The van der Waals surface area contributed by atoms with E-state index >= 15 is 0 Å². The van der Waals surface area contributed by atoms with Crippen molar-refractivity contribution in [2.75, 3.05) is 0 Å². The van der Waals surface area contributed by atoms with Crippen LogP contribution in [0.3, 0.4) is 0 Å². The SMILES string of the molecule is N=C1C=C(N)C(Br)=CC1=O. The molecule has 0 amide bonds. The van der Waals surface area contributed by atoms with E-state index in [9.17, 15) is 4.79 Å². The first kappa shape index (κ1) is 7.21. The van der Waals surface area contributed by atoms with E-state index in [1.165, 1.54) is 12.2 Å². The fourth-order valence-electron chi connectivity index (χ4n) is 0.572. The maximum atomic E-state index is 10.7. The van der Waals surface area contributed by atoms with Crippen LogP contribution in [0.4, 0.5) is 0 Å². The van der Waals surface area contributed by atoms with Crippen LogP contribution in [0.2, 0.25) is 0 Å². The molecule has 0 saturated heterocycles. The van der Waals surface area contributed by atoms with Gasteiger partial charge in [0.15, 0.2) is 0 Å². The van der Waals surface area contributed by atoms with Crippen LogP contribution < -0.4 is 5.73 Å². The molecule has 1 aliphatic carbocycles. The minimum Gasteiger partial charge on any atom is -0.398 e.